The second kappa shape index (κ2) is 5.41. The Balaban J connectivity index is 1.49. The van der Waals surface area contributed by atoms with Gasteiger partial charge in [-0.1, -0.05) is 30.2 Å². The first kappa shape index (κ1) is 12.8. The first-order chi connectivity index (χ1) is 9.22. The maximum absolute atomic E-state index is 6.01. The van der Waals surface area contributed by atoms with Crippen molar-refractivity contribution in [3.05, 3.63) is 34.9 Å². The van der Waals surface area contributed by atoms with Crippen molar-refractivity contribution in [3.63, 3.8) is 0 Å². The maximum Gasteiger partial charge on any atom is 0.188 e. The Labute approximate surface area is 119 Å². The highest BCUT2D eigenvalue weighted by Crippen LogP contribution is 2.41. The number of hydrogen-bond donors (Lipinski definition) is 2. The molecule has 1 aromatic carbocycles. The van der Waals surface area contributed by atoms with Crippen molar-refractivity contribution < 1.29 is 0 Å². The molecule has 4 heteroatoms. The van der Waals surface area contributed by atoms with Gasteiger partial charge in [-0.3, -0.25) is 4.99 Å². The molecule has 0 aromatic heterocycles. The number of rotatable bonds is 4. The number of aliphatic imine (C=N–C) groups is 1. The Hall–Kier alpha value is -1.22. The molecule has 3 N–H and O–H groups in total. The SMILES string of the molecule is NC(=NCC1CCC1)NC1CC1c1cccc(Cl)c1. The van der Waals surface area contributed by atoms with E-state index in [1.165, 1.54) is 24.8 Å². The minimum Gasteiger partial charge on any atom is -0.370 e. The fourth-order valence-electron chi connectivity index (χ4n) is 2.60. The van der Waals surface area contributed by atoms with Crippen LogP contribution >= 0.6 is 11.6 Å². The third-order valence-corrected chi connectivity index (χ3v) is 4.38. The molecule has 102 valence electrons. The zero-order valence-electron chi connectivity index (χ0n) is 11.0. The van der Waals surface area contributed by atoms with Crippen LogP contribution in [0.25, 0.3) is 0 Å². The average molecular weight is 278 g/mol. The number of nitrogens with one attached hydrogen (secondary N) is 1. The molecular weight excluding hydrogens is 258 g/mol. The molecule has 0 saturated heterocycles. The lowest BCUT2D eigenvalue weighted by atomic mass is 9.86. The Morgan fingerprint density at radius 2 is 2.26 bits per heavy atom. The summed E-state index contributed by atoms with van der Waals surface area (Å²) < 4.78 is 0. The van der Waals surface area contributed by atoms with Crippen LogP contribution in [0.15, 0.2) is 29.3 Å². The van der Waals surface area contributed by atoms with E-state index in [1.807, 2.05) is 18.2 Å². The molecule has 0 bridgehead atoms. The second-order valence-electron chi connectivity index (χ2n) is 5.67. The number of hydrogen-bond acceptors (Lipinski definition) is 1. The Morgan fingerprint density at radius 1 is 1.42 bits per heavy atom. The smallest absolute Gasteiger partial charge is 0.188 e. The zero-order valence-corrected chi connectivity index (χ0v) is 11.7. The summed E-state index contributed by atoms with van der Waals surface area (Å²) in [5.41, 5.74) is 7.21. The van der Waals surface area contributed by atoms with E-state index in [9.17, 15) is 0 Å². The first-order valence-corrected chi connectivity index (χ1v) is 7.42. The number of benzene rings is 1. The van der Waals surface area contributed by atoms with E-state index in [0.717, 1.165) is 23.9 Å². The molecule has 0 radical (unpaired) electrons. The van der Waals surface area contributed by atoms with E-state index < -0.39 is 0 Å². The summed E-state index contributed by atoms with van der Waals surface area (Å²) in [5.74, 6) is 1.89. The summed E-state index contributed by atoms with van der Waals surface area (Å²) >= 11 is 6.01. The van der Waals surface area contributed by atoms with Crippen LogP contribution in [-0.4, -0.2) is 18.5 Å². The summed E-state index contributed by atoms with van der Waals surface area (Å²) in [4.78, 5) is 4.43. The Kier molecular flexibility index (Phi) is 3.65. The van der Waals surface area contributed by atoms with Gasteiger partial charge in [0.15, 0.2) is 5.96 Å². The molecule has 2 aliphatic carbocycles. The van der Waals surface area contributed by atoms with Gasteiger partial charge in [-0.15, -0.1) is 0 Å². The number of guanidine groups is 1. The number of halogens is 1. The molecule has 2 atom stereocenters. The van der Waals surface area contributed by atoms with E-state index in [4.69, 9.17) is 17.3 Å². The Bertz CT molecular complexity index is 482. The topological polar surface area (TPSA) is 50.4 Å². The van der Waals surface area contributed by atoms with Crippen molar-refractivity contribution in [1.82, 2.24) is 5.32 Å². The van der Waals surface area contributed by atoms with Gasteiger partial charge in [-0.25, -0.2) is 0 Å². The quantitative estimate of drug-likeness (QED) is 0.657. The van der Waals surface area contributed by atoms with E-state index in [0.29, 0.717) is 17.9 Å². The number of nitrogens with zero attached hydrogens (tertiary/aromatic N) is 1. The molecule has 0 amide bonds. The van der Waals surface area contributed by atoms with Crippen LogP contribution in [-0.2, 0) is 0 Å². The van der Waals surface area contributed by atoms with Crippen LogP contribution in [0.5, 0.6) is 0 Å². The molecule has 0 spiro atoms. The van der Waals surface area contributed by atoms with Crippen molar-refractivity contribution in [2.75, 3.05) is 6.54 Å². The lowest BCUT2D eigenvalue weighted by molar-refractivity contribution is 0.326. The van der Waals surface area contributed by atoms with Gasteiger partial charge in [0.2, 0.25) is 0 Å². The molecule has 1 aromatic rings. The molecule has 2 saturated carbocycles. The van der Waals surface area contributed by atoms with Gasteiger partial charge in [0, 0.05) is 23.5 Å². The van der Waals surface area contributed by atoms with Gasteiger partial charge in [0.1, 0.15) is 0 Å². The van der Waals surface area contributed by atoms with E-state index in [2.05, 4.69) is 16.4 Å². The van der Waals surface area contributed by atoms with Crippen molar-refractivity contribution >= 4 is 17.6 Å². The van der Waals surface area contributed by atoms with Crippen LogP contribution in [0.2, 0.25) is 5.02 Å². The standard InChI is InChI=1S/C15H20ClN3/c16-12-6-2-5-11(7-12)13-8-14(13)19-15(17)18-9-10-3-1-4-10/h2,5-7,10,13-14H,1,3-4,8-9H2,(H3,17,18,19). The van der Waals surface area contributed by atoms with Gasteiger partial charge in [-0.2, -0.15) is 0 Å². The van der Waals surface area contributed by atoms with Crippen LogP contribution in [0.3, 0.4) is 0 Å². The molecular formula is C15H20ClN3. The van der Waals surface area contributed by atoms with E-state index in [1.54, 1.807) is 0 Å². The molecule has 19 heavy (non-hydrogen) atoms. The molecule has 0 aliphatic heterocycles. The minimum absolute atomic E-state index is 0.420. The third kappa shape index (κ3) is 3.21. The molecule has 2 aliphatic rings. The summed E-state index contributed by atoms with van der Waals surface area (Å²) in [6, 6.07) is 8.49. The van der Waals surface area contributed by atoms with Crippen molar-refractivity contribution in [2.24, 2.45) is 16.6 Å². The van der Waals surface area contributed by atoms with Crippen molar-refractivity contribution in [3.8, 4) is 0 Å². The van der Waals surface area contributed by atoms with Gasteiger partial charge in [0.05, 0.1) is 0 Å². The predicted octanol–water partition coefficient (Wildman–Crippen LogP) is 2.90. The third-order valence-electron chi connectivity index (χ3n) is 4.15. The molecule has 2 unspecified atom stereocenters. The lowest BCUT2D eigenvalue weighted by Crippen LogP contribution is -2.35. The summed E-state index contributed by atoms with van der Waals surface area (Å²) in [7, 11) is 0. The van der Waals surface area contributed by atoms with E-state index in [-0.39, 0.29) is 0 Å². The average Bonchev–Trinajstić information content (AvgIpc) is 3.06. The van der Waals surface area contributed by atoms with Crippen LogP contribution in [0.1, 0.15) is 37.2 Å². The van der Waals surface area contributed by atoms with Gasteiger partial charge >= 0.3 is 0 Å². The molecule has 3 rings (SSSR count). The van der Waals surface area contributed by atoms with Crippen LogP contribution in [0, 0.1) is 5.92 Å². The van der Waals surface area contributed by atoms with Crippen LogP contribution in [0.4, 0.5) is 0 Å². The van der Waals surface area contributed by atoms with Crippen molar-refractivity contribution in [1.29, 1.82) is 0 Å². The first-order valence-electron chi connectivity index (χ1n) is 7.04. The fourth-order valence-corrected chi connectivity index (χ4v) is 2.80. The van der Waals surface area contributed by atoms with Crippen molar-refractivity contribution in [2.45, 2.75) is 37.6 Å². The highest BCUT2D eigenvalue weighted by atomic mass is 35.5. The van der Waals surface area contributed by atoms with Gasteiger partial charge in [0.25, 0.3) is 0 Å². The fraction of sp³-hybridized carbons (Fsp3) is 0.533. The maximum atomic E-state index is 6.01. The highest BCUT2D eigenvalue weighted by molar-refractivity contribution is 6.30. The van der Waals surface area contributed by atoms with Gasteiger partial charge < -0.3 is 11.1 Å². The second-order valence-corrected chi connectivity index (χ2v) is 6.11. The van der Waals surface area contributed by atoms with Crippen LogP contribution < -0.4 is 11.1 Å². The summed E-state index contributed by atoms with van der Waals surface area (Å²) in [6.45, 7) is 0.882. The summed E-state index contributed by atoms with van der Waals surface area (Å²) in [6.07, 6.45) is 5.09. The zero-order chi connectivity index (χ0) is 13.2. The number of nitrogens with two attached hydrogens (primary N) is 1. The monoisotopic (exact) mass is 277 g/mol. The molecule has 3 nitrogen and oxygen atoms in total. The lowest BCUT2D eigenvalue weighted by Gasteiger charge is -2.23. The van der Waals surface area contributed by atoms with Gasteiger partial charge in [-0.05, 0) is 42.9 Å². The normalized spacial score (nSPS) is 26.9. The Morgan fingerprint density at radius 3 is 2.95 bits per heavy atom. The minimum atomic E-state index is 0.420. The predicted molar refractivity (Wildman–Crippen MR) is 79.6 cm³/mol. The highest BCUT2D eigenvalue weighted by Gasteiger charge is 2.38. The molecule has 0 heterocycles. The van der Waals surface area contributed by atoms with E-state index >= 15 is 0 Å². The summed E-state index contributed by atoms with van der Waals surface area (Å²) in [5, 5.41) is 4.11. The molecule has 2 fully saturated rings. The largest absolute Gasteiger partial charge is 0.370 e.